The van der Waals surface area contributed by atoms with Crippen molar-refractivity contribution in [2.45, 2.75) is 13.0 Å². The molecule has 120 valence electrons. The van der Waals surface area contributed by atoms with Gasteiger partial charge in [0.15, 0.2) is 6.10 Å². The van der Waals surface area contributed by atoms with Gasteiger partial charge in [-0.3, -0.25) is 4.79 Å². The molecule has 0 heterocycles. The molecule has 0 saturated carbocycles. The quantitative estimate of drug-likeness (QED) is 0.831. The summed E-state index contributed by atoms with van der Waals surface area (Å²) in [5.41, 5.74) is 0.442. The second-order valence-corrected chi connectivity index (χ2v) is 5.49. The van der Waals surface area contributed by atoms with Gasteiger partial charge in [-0.05, 0) is 43.3 Å². The SMILES string of the molecule is C[C@@H](OC(=O)c1ccc(Cl)c(Cl)c1)C(=O)Nc1cccc(F)c1. The van der Waals surface area contributed by atoms with Gasteiger partial charge >= 0.3 is 5.97 Å². The maximum Gasteiger partial charge on any atom is 0.338 e. The molecule has 0 aliphatic carbocycles. The number of carbonyl (C=O) groups excluding carboxylic acids is 2. The smallest absolute Gasteiger partial charge is 0.338 e. The van der Waals surface area contributed by atoms with Gasteiger partial charge in [0.25, 0.3) is 5.91 Å². The average molecular weight is 356 g/mol. The predicted octanol–water partition coefficient (Wildman–Crippen LogP) is 4.32. The lowest BCUT2D eigenvalue weighted by molar-refractivity contribution is -0.123. The van der Waals surface area contributed by atoms with Gasteiger partial charge in [-0.2, -0.15) is 0 Å². The van der Waals surface area contributed by atoms with Crippen LogP contribution in [0, 0.1) is 5.82 Å². The van der Waals surface area contributed by atoms with E-state index in [-0.39, 0.29) is 16.3 Å². The predicted molar refractivity (Wildman–Crippen MR) is 86.4 cm³/mol. The summed E-state index contributed by atoms with van der Waals surface area (Å²) in [6.45, 7) is 1.41. The number of halogens is 3. The molecule has 0 unspecified atom stereocenters. The standard InChI is InChI=1S/C16H12Cl2FNO3/c1-9(15(21)20-12-4-2-3-11(19)8-12)23-16(22)10-5-6-13(17)14(18)7-10/h2-9H,1H3,(H,20,21)/t9-/m1/s1. The molecule has 2 aromatic rings. The minimum Gasteiger partial charge on any atom is -0.449 e. The Morgan fingerprint density at radius 3 is 2.52 bits per heavy atom. The molecule has 23 heavy (non-hydrogen) atoms. The number of carbonyl (C=O) groups is 2. The minimum absolute atomic E-state index is 0.171. The zero-order chi connectivity index (χ0) is 17.0. The van der Waals surface area contributed by atoms with Crippen molar-refractivity contribution in [1.82, 2.24) is 0 Å². The fourth-order valence-corrected chi connectivity index (χ4v) is 2.01. The van der Waals surface area contributed by atoms with Crippen molar-refractivity contribution in [2.75, 3.05) is 5.32 Å². The van der Waals surface area contributed by atoms with Crippen LogP contribution in [-0.4, -0.2) is 18.0 Å². The van der Waals surface area contributed by atoms with Crippen LogP contribution in [0.4, 0.5) is 10.1 Å². The highest BCUT2D eigenvalue weighted by atomic mass is 35.5. The summed E-state index contributed by atoms with van der Waals surface area (Å²) >= 11 is 11.6. The van der Waals surface area contributed by atoms with E-state index in [2.05, 4.69) is 5.32 Å². The summed E-state index contributed by atoms with van der Waals surface area (Å²) in [5, 5.41) is 2.97. The Morgan fingerprint density at radius 1 is 1.13 bits per heavy atom. The van der Waals surface area contributed by atoms with Gasteiger partial charge in [0.1, 0.15) is 5.82 Å². The van der Waals surface area contributed by atoms with Crippen molar-refractivity contribution >= 4 is 40.8 Å². The Labute approximate surface area is 142 Å². The Balaban J connectivity index is 2.00. The first kappa shape index (κ1) is 17.2. The fourth-order valence-electron chi connectivity index (χ4n) is 1.72. The van der Waals surface area contributed by atoms with Crippen LogP contribution in [0.3, 0.4) is 0 Å². The van der Waals surface area contributed by atoms with E-state index in [4.69, 9.17) is 27.9 Å². The highest BCUT2D eigenvalue weighted by Crippen LogP contribution is 2.23. The fraction of sp³-hybridized carbons (Fsp3) is 0.125. The Morgan fingerprint density at radius 2 is 1.87 bits per heavy atom. The lowest BCUT2D eigenvalue weighted by atomic mass is 10.2. The lowest BCUT2D eigenvalue weighted by Crippen LogP contribution is -2.30. The second kappa shape index (κ2) is 7.44. The molecule has 0 spiro atoms. The summed E-state index contributed by atoms with van der Waals surface area (Å²) in [4.78, 5) is 23.9. The molecule has 1 atom stereocenters. The van der Waals surface area contributed by atoms with E-state index < -0.39 is 23.8 Å². The molecular weight excluding hydrogens is 344 g/mol. The van der Waals surface area contributed by atoms with Gasteiger partial charge in [0.05, 0.1) is 15.6 Å². The number of benzene rings is 2. The van der Waals surface area contributed by atoms with Crippen LogP contribution in [0.25, 0.3) is 0 Å². The molecule has 0 aliphatic rings. The topological polar surface area (TPSA) is 55.4 Å². The molecule has 0 aromatic heterocycles. The van der Waals surface area contributed by atoms with E-state index in [0.717, 1.165) is 6.07 Å². The summed E-state index contributed by atoms with van der Waals surface area (Å²) in [5.74, 6) is -1.78. The van der Waals surface area contributed by atoms with E-state index in [1.54, 1.807) is 0 Å². The van der Waals surface area contributed by atoms with Gasteiger partial charge in [0.2, 0.25) is 0 Å². The van der Waals surface area contributed by atoms with Crippen molar-refractivity contribution in [3.05, 3.63) is 63.9 Å². The van der Waals surface area contributed by atoms with Crippen LogP contribution in [0.5, 0.6) is 0 Å². The highest BCUT2D eigenvalue weighted by molar-refractivity contribution is 6.42. The molecule has 4 nitrogen and oxygen atoms in total. The zero-order valence-corrected chi connectivity index (χ0v) is 13.5. The van der Waals surface area contributed by atoms with Crippen molar-refractivity contribution in [3.63, 3.8) is 0 Å². The maximum atomic E-state index is 13.1. The summed E-state index contributed by atoms with van der Waals surface area (Å²) < 4.78 is 18.1. The van der Waals surface area contributed by atoms with Gasteiger partial charge in [-0.1, -0.05) is 29.3 Å². The summed E-state index contributed by atoms with van der Waals surface area (Å²) in [6.07, 6.45) is -1.07. The first-order valence-electron chi connectivity index (χ1n) is 6.59. The maximum absolute atomic E-state index is 13.1. The largest absolute Gasteiger partial charge is 0.449 e. The molecule has 1 amide bonds. The van der Waals surface area contributed by atoms with Crippen LogP contribution in [-0.2, 0) is 9.53 Å². The number of rotatable bonds is 4. The van der Waals surface area contributed by atoms with Crippen molar-refractivity contribution in [2.24, 2.45) is 0 Å². The number of hydrogen-bond acceptors (Lipinski definition) is 3. The van der Waals surface area contributed by atoms with E-state index in [0.29, 0.717) is 5.02 Å². The van der Waals surface area contributed by atoms with E-state index in [1.807, 2.05) is 0 Å². The molecule has 0 aliphatic heterocycles. The highest BCUT2D eigenvalue weighted by Gasteiger charge is 2.19. The van der Waals surface area contributed by atoms with Crippen LogP contribution in [0.15, 0.2) is 42.5 Å². The molecule has 0 bridgehead atoms. The summed E-state index contributed by atoms with van der Waals surface area (Å²) in [7, 11) is 0. The number of hydrogen-bond donors (Lipinski definition) is 1. The van der Waals surface area contributed by atoms with E-state index in [1.165, 1.54) is 43.3 Å². The van der Waals surface area contributed by atoms with Gasteiger partial charge < -0.3 is 10.1 Å². The molecule has 2 rings (SSSR count). The van der Waals surface area contributed by atoms with Gasteiger partial charge in [-0.15, -0.1) is 0 Å². The molecule has 7 heteroatoms. The van der Waals surface area contributed by atoms with E-state index >= 15 is 0 Å². The van der Waals surface area contributed by atoms with Crippen LogP contribution in [0.1, 0.15) is 17.3 Å². The molecular formula is C16H12Cl2FNO3. The molecule has 0 fully saturated rings. The Kier molecular flexibility index (Phi) is 5.58. The first-order valence-corrected chi connectivity index (χ1v) is 7.35. The van der Waals surface area contributed by atoms with Crippen LogP contribution in [0.2, 0.25) is 10.0 Å². The minimum atomic E-state index is -1.07. The third-order valence-corrected chi connectivity index (χ3v) is 3.64. The lowest BCUT2D eigenvalue weighted by Gasteiger charge is -2.13. The number of esters is 1. The average Bonchev–Trinajstić information content (AvgIpc) is 2.49. The molecule has 2 aromatic carbocycles. The first-order chi connectivity index (χ1) is 10.9. The molecule has 0 radical (unpaired) electrons. The monoisotopic (exact) mass is 355 g/mol. The van der Waals surface area contributed by atoms with E-state index in [9.17, 15) is 14.0 Å². The third-order valence-electron chi connectivity index (χ3n) is 2.90. The van der Waals surface area contributed by atoms with Gasteiger partial charge in [0, 0.05) is 5.69 Å². The van der Waals surface area contributed by atoms with Crippen molar-refractivity contribution < 1.29 is 18.7 Å². The zero-order valence-electron chi connectivity index (χ0n) is 12.0. The Bertz CT molecular complexity index is 752. The van der Waals surface area contributed by atoms with Crippen LogP contribution >= 0.6 is 23.2 Å². The number of nitrogens with one attached hydrogen (secondary N) is 1. The molecule has 1 N–H and O–H groups in total. The normalized spacial score (nSPS) is 11.7. The number of amides is 1. The third kappa shape index (κ3) is 4.68. The number of ether oxygens (including phenoxy) is 1. The van der Waals surface area contributed by atoms with Gasteiger partial charge in [-0.25, -0.2) is 9.18 Å². The van der Waals surface area contributed by atoms with Crippen molar-refractivity contribution in [3.8, 4) is 0 Å². The van der Waals surface area contributed by atoms with Crippen LogP contribution < -0.4 is 5.32 Å². The van der Waals surface area contributed by atoms with Crippen molar-refractivity contribution in [1.29, 1.82) is 0 Å². The number of anilines is 1. The Hall–Kier alpha value is -2.11. The summed E-state index contributed by atoms with van der Waals surface area (Å²) in [6, 6.07) is 9.63. The second-order valence-electron chi connectivity index (χ2n) is 4.68. The molecule has 0 saturated heterocycles.